The van der Waals surface area contributed by atoms with Gasteiger partial charge in [-0.15, -0.1) is 0 Å². The zero-order valence-electron chi connectivity index (χ0n) is 12.3. The first-order valence-electron chi connectivity index (χ1n) is 6.54. The van der Waals surface area contributed by atoms with E-state index < -0.39 is 8.32 Å². The van der Waals surface area contributed by atoms with Crippen molar-refractivity contribution < 1.29 is 4.43 Å². The van der Waals surface area contributed by atoms with Crippen LogP contribution in [0.15, 0.2) is 41.8 Å². The molecule has 0 saturated heterocycles. The molecule has 0 saturated carbocycles. The Bertz CT molecular complexity index is 606. The minimum Gasteiger partial charge on any atom is -0.543 e. The molecule has 0 aliphatic carbocycles. The summed E-state index contributed by atoms with van der Waals surface area (Å²) in [6.07, 6.45) is 6.68. The molecular weight excluding hydrogens is 266 g/mol. The minimum absolute atomic E-state index is 0.730. The van der Waals surface area contributed by atoms with Gasteiger partial charge in [-0.05, 0) is 38.2 Å². The molecule has 20 heavy (non-hydrogen) atoms. The van der Waals surface area contributed by atoms with Crippen LogP contribution in [0.3, 0.4) is 0 Å². The minimum atomic E-state index is -1.67. The van der Waals surface area contributed by atoms with Crippen LogP contribution >= 0.6 is 0 Å². The van der Waals surface area contributed by atoms with E-state index in [1.54, 1.807) is 24.8 Å². The Morgan fingerprint density at radius 3 is 2.65 bits per heavy atom. The molecule has 0 unspecified atom stereocenters. The SMILES string of the molecule is Cc1cccc(N=Cc2cnccn2)c1O[Si](C)(C)C. The highest BCUT2D eigenvalue weighted by atomic mass is 28.4. The number of aliphatic imine (C=N–C) groups is 1. The molecule has 2 rings (SSSR count). The first-order valence-corrected chi connectivity index (χ1v) is 9.95. The van der Waals surface area contributed by atoms with Crippen molar-refractivity contribution in [2.24, 2.45) is 4.99 Å². The van der Waals surface area contributed by atoms with E-state index in [0.717, 1.165) is 22.7 Å². The van der Waals surface area contributed by atoms with Crippen molar-refractivity contribution in [3.63, 3.8) is 0 Å². The third kappa shape index (κ3) is 3.99. The zero-order chi connectivity index (χ0) is 14.6. The van der Waals surface area contributed by atoms with Crippen LogP contribution in [-0.2, 0) is 0 Å². The highest BCUT2D eigenvalue weighted by Gasteiger charge is 2.19. The quantitative estimate of drug-likeness (QED) is 0.635. The average Bonchev–Trinajstić information content (AvgIpc) is 2.39. The lowest BCUT2D eigenvalue weighted by Gasteiger charge is -2.22. The van der Waals surface area contributed by atoms with Crippen LogP contribution in [0.5, 0.6) is 5.75 Å². The van der Waals surface area contributed by atoms with Gasteiger partial charge in [0.1, 0.15) is 11.4 Å². The lowest BCUT2D eigenvalue weighted by Crippen LogP contribution is -2.29. The van der Waals surface area contributed by atoms with Crippen molar-refractivity contribution in [1.82, 2.24) is 9.97 Å². The van der Waals surface area contributed by atoms with Gasteiger partial charge < -0.3 is 4.43 Å². The maximum atomic E-state index is 6.14. The molecule has 0 amide bonds. The van der Waals surface area contributed by atoms with E-state index in [1.807, 2.05) is 25.1 Å². The first kappa shape index (κ1) is 14.4. The summed E-state index contributed by atoms with van der Waals surface area (Å²) in [6, 6.07) is 5.97. The average molecular weight is 285 g/mol. The maximum absolute atomic E-state index is 6.14. The van der Waals surface area contributed by atoms with Crippen molar-refractivity contribution in [1.29, 1.82) is 0 Å². The molecule has 0 aliphatic heterocycles. The Morgan fingerprint density at radius 2 is 2.00 bits per heavy atom. The summed E-state index contributed by atoms with van der Waals surface area (Å²) < 4.78 is 6.14. The number of aryl methyl sites for hydroxylation is 1. The Hall–Kier alpha value is -2.01. The van der Waals surface area contributed by atoms with Crippen LogP contribution in [0.25, 0.3) is 0 Å². The van der Waals surface area contributed by atoms with Gasteiger partial charge in [0.25, 0.3) is 0 Å². The fraction of sp³-hybridized carbons (Fsp3) is 0.267. The van der Waals surface area contributed by atoms with Gasteiger partial charge in [-0.25, -0.2) is 0 Å². The van der Waals surface area contributed by atoms with Crippen LogP contribution in [0.4, 0.5) is 5.69 Å². The van der Waals surface area contributed by atoms with Crippen molar-refractivity contribution in [2.75, 3.05) is 0 Å². The third-order valence-electron chi connectivity index (χ3n) is 2.52. The number of benzene rings is 1. The highest BCUT2D eigenvalue weighted by Crippen LogP contribution is 2.32. The lowest BCUT2D eigenvalue weighted by atomic mass is 10.2. The molecule has 2 aromatic rings. The molecule has 5 heteroatoms. The monoisotopic (exact) mass is 285 g/mol. The lowest BCUT2D eigenvalue weighted by molar-refractivity contribution is 0.554. The Balaban J connectivity index is 2.32. The van der Waals surface area contributed by atoms with Gasteiger partial charge in [0, 0.05) is 12.4 Å². The number of rotatable bonds is 4. The van der Waals surface area contributed by atoms with Crippen LogP contribution < -0.4 is 4.43 Å². The predicted molar refractivity (Wildman–Crippen MR) is 84.4 cm³/mol. The van der Waals surface area contributed by atoms with Gasteiger partial charge in [0.2, 0.25) is 8.32 Å². The second kappa shape index (κ2) is 5.96. The zero-order valence-corrected chi connectivity index (χ0v) is 13.3. The molecular formula is C15H19N3OSi. The third-order valence-corrected chi connectivity index (χ3v) is 3.33. The number of hydrogen-bond donors (Lipinski definition) is 0. The summed E-state index contributed by atoms with van der Waals surface area (Å²) >= 11 is 0. The summed E-state index contributed by atoms with van der Waals surface area (Å²) in [7, 11) is -1.67. The van der Waals surface area contributed by atoms with Crippen molar-refractivity contribution in [3.8, 4) is 5.75 Å². The summed E-state index contributed by atoms with van der Waals surface area (Å²) in [6.45, 7) is 8.53. The Kier molecular flexibility index (Phi) is 4.29. The molecule has 1 heterocycles. The number of hydrogen-bond acceptors (Lipinski definition) is 4. The summed E-state index contributed by atoms with van der Waals surface area (Å²) in [5.41, 5.74) is 2.66. The number of para-hydroxylation sites is 1. The van der Waals surface area contributed by atoms with E-state index in [1.165, 1.54) is 0 Å². The smallest absolute Gasteiger partial charge is 0.242 e. The summed E-state index contributed by atoms with van der Waals surface area (Å²) in [5, 5.41) is 0. The van der Waals surface area contributed by atoms with Gasteiger partial charge in [0.05, 0.1) is 18.1 Å². The molecule has 0 bridgehead atoms. The van der Waals surface area contributed by atoms with Crippen molar-refractivity contribution in [2.45, 2.75) is 26.6 Å². The molecule has 1 aromatic carbocycles. The molecule has 0 radical (unpaired) electrons. The van der Waals surface area contributed by atoms with E-state index in [4.69, 9.17) is 4.43 Å². The molecule has 0 N–H and O–H groups in total. The van der Waals surface area contributed by atoms with E-state index in [0.29, 0.717) is 0 Å². The van der Waals surface area contributed by atoms with E-state index >= 15 is 0 Å². The summed E-state index contributed by atoms with van der Waals surface area (Å²) in [5.74, 6) is 0.867. The van der Waals surface area contributed by atoms with Gasteiger partial charge in [-0.1, -0.05) is 12.1 Å². The maximum Gasteiger partial charge on any atom is 0.242 e. The molecule has 0 spiro atoms. The van der Waals surface area contributed by atoms with E-state index in [-0.39, 0.29) is 0 Å². The number of aromatic nitrogens is 2. The van der Waals surface area contributed by atoms with Crippen molar-refractivity contribution >= 4 is 20.2 Å². The van der Waals surface area contributed by atoms with Gasteiger partial charge in [0.15, 0.2) is 0 Å². The molecule has 104 valence electrons. The van der Waals surface area contributed by atoms with Crippen LogP contribution in [-0.4, -0.2) is 24.5 Å². The fourth-order valence-electron chi connectivity index (χ4n) is 1.69. The first-order chi connectivity index (χ1) is 9.46. The molecule has 4 nitrogen and oxygen atoms in total. The van der Waals surface area contributed by atoms with E-state index in [2.05, 4.69) is 34.6 Å². The normalized spacial score (nSPS) is 11.8. The largest absolute Gasteiger partial charge is 0.543 e. The standard InChI is InChI=1S/C15H19N3OSi/c1-12-6-5-7-14(15(12)19-20(2,3)4)18-11-13-10-16-8-9-17-13/h5-11H,1-4H3. The molecule has 1 aromatic heterocycles. The highest BCUT2D eigenvalue weighted by molar-refractivity contribution is 6.70. The van der Waals surface area contributed by atoms with Gasteiger partial charge in [-0.2, -0.15) is 0 Å². The van der Waals surface area contributed by atoms with Crippen molar-refractivity contribution in [3.05, 3.63) is 48.0 Å². The second-order valence-electron chi connectivity index (χ2n) is 5.53. The van der Waals surface area contributed by atoms with Crippen LogP contribution in [0, 0.1) is 6.92 Å². The predicted octanol–water partition coefficient (Wildman–Crippen LogP) is 3.75. The van der Waals surface area contributed by atoms with Crippen LogP contribution in [0.2, 0.25) is 19.6 Å². The number of nitrogens with zero attached hydrogens (tertiary/aromatic N) is 3. The van der Waals surface area contributed by atoms with Gasteiger partial charge in [-0.3, -0.25) is 15.0 Å². The van der Waals surface area contributed by atoms with E-state index in [9.17, 15) is 0 Å². The van der Waals surface area contributed by atoms with Crippen LogP contribution in [0.1, 0.15) is 11.3 Å². The molecule has 0 aliphatic rings. The molecule has 0 fully saturated rings. The Labute approximate surface area is 120 Å². The van der Waals surface area contributed by atoms with Gasteiger partial charge >= 0.3 is 0 Å². The Morgan fingerprint density at radius 1 is 1.20 bits per heavy atom. The summed E-state index contributed by atoms with van der Waals surface area (Å²) in [4.78, 5) is 12.7. The second-order valence-corrected chi connectivity index (χ2v) is 9.95. The molecule has 0 atom stereocenters. The fourth-order valence-corrected chi connectivity index (χ4v) is 2.57. The topological polar surface area (TPSA) is 47.4 Å².